The fourth-order valence-electron chi connectivity index (χ4n) is 2.60. The molecule has 2 nitrogen and oxygen atoms in total. The average Bonchev–Trinajstić information content (AvgIpc) is 2.55. The molecule has 1 aromatic carbocycles. The third-order valence-corrected chi connectivity index (χ3v) is 5.29. The molecule has 2 aromatic rings. The molecule has 2 heterocycles. The Hall–Kier alpha value is -1.24. The zero-order valence-corrected chi connectivity index (χ0v) is 14.2. The topological polar surface area (TPSA) is 22.1 Å². The van der Waals surface area contributed by atoms with Gasteiger partial charge in [-0.25, -0.2) is 0 Å². The van der Waals surface area contributed by atoms with Gasteiger partial charge in [-0.3, -0.25) is 4.98 Å². The molecule has 1 saturated heterocycles. The fourth-order valence-corrected chi connectivity index (χ4v) is 3.93. The van der Waals surface area contributed by atoms with Crippen molar-refractivity contribution in [2.45, 2.75) is 35.3 Å². The zero-order valence-electron chi connectivity index (χ0n) is 12.6. The van der Waals surface area contributed by atoms with Crippen LogP contribution in [0.4, 0.5) is 13.2 Å². The maximum absolute atomic E-state index is 12.8. The Labute approximate surface area is 147 Å². The highest BCUT2D eigenvalue weighted by atomic mass is 35.5. The van der Waals surface area contributed by atoms with E-state index < -0.39 is 11.7 Å². The average molecular weight is 374 g/mol. The summed E-state index contributed by atoms with van der Waals surface area (Å²) in [5.41, 5.74) is 0.184. The summed E-state index contributed by atoms with van der Waals surface area (Å²) in [5, 5.41) is 0.745. The number of hydrogen-bond donors (Lipinski definition) is 0. The molecule has 7 heteroatoms. The normalized spacial score (nSPS) is 21.7. The molecule has 0 saturated carbocycles. The summed E-state index contributed by atoms with van der Waals surface area (Å²) in [6.07, 6.45) is -1.40. The maximum Gasteiger partial charge on any atom is 0.416 e. The van der Waals surface area contributed by atoms with E-state index in [1.54, 1.807) is 18.3 Å². The predicted molar refractivity (Wildman–Crippen MR) is 88.3 cm³/mol. The second-order valence-corrected chi connectivity index (χ2v) is 7.36. The first-order chi connectivity index (χ1) is 11.4. The third kappa shape index (κ3) is 4.43. The summed E-state index contributed by atoms with van der Waals surface area (Å²) < 4.78 is 44.2. The van der Waals surface area contributed by atoms with Crippen molar-refractivity contribution in [3.05, 3.63) is 58.9 Å². The molecule has 0 spiro atoms. The molecule has 0 bridgehead atoms. The highest BCUT2D eigenvalue weighted by Crippen LogP contribution is 2.38. The summed E-state index contributed by atoms with van der Waals surface area (Å²) in [6, 6.07) is 9.04. The van der Waals surface area contributed by atoms with E-state index in [0.717, 1.165) is 18.2 Å². The number of benzene rings is 1. The Bertz CT molecular complexity index is 693. The van der Waals surface area contributed by atoms with Gasteiger partial charge < -0.3 is 4.74 Å². The smallest absolute Gasteiger partial charge is 0.372 e. The molecular weight excluding hydrogens is 359 g/mol. The van der Waals surface area contributed by atoms with Gasteiger partial charge in [0, 0.05) is 22.9 Å². The lowest BCUT2D eigenvalue weighted by Crippen LogP contribution is -2.22. The van der Waals surface area contributed by atoms with Crippen molar-refractivity contribution in [3.63, 3.8) is 0 Å². The van der Waals surface area contributed by atoms with Crippen molar-refractivity contribution in [3.8, 4) is 0 Å². The van der Waals surface area contributed by atoms with Crippen molar-refractivity contribution >= 4 is 23.4 Å². The van der Waals surface area contributed by atoms with E-state index in [1.807, 2.05) is 6.07 Å². The van der Waals surface area contributed by atoms with E-state index in [9.17, 15) is 13.2 Å². The van der Waals surface area contributed by atoms with Crippen LogP contribution in [-0.4, -0.2) is 16.8 Å². The molecule has 0 amide bonds. The number of halogens is 4. The molecule has 3 rings (SSSR count). The lowest BCUT2D eigenvalue weighted by molar-refractivity contribution is -0.137. The van der Waals surface area contributed by atoms with Crippen LogP contribution in [0.15, 0.2) is 47.5 Å². The van der Waals surface area contributed by atoms with Gasteiger partial charge in [-0.15, -0.1) is 11.8 Å². The molecule has 0 radical (unpaired) electrons. The second kappa shape index (κ2) is 7.33. The number of rotatable bonds is 3. The minimum Gasteiger partial charge on any atom is -0.372 e. The molecule has 2 atom stereocenters. The van der Waals surface area contributed by atoms with Crippen LogP contribution in [0.3, 0.4) is 0 Å². The number of thioether (sulfide) groups is 1. The number of ether oxygens (including phenoxy) is 1. The van der Waals surface area contributed by atoms with Gasteiger partial charge in [-0.2, -0.15) is 13.2 Å². The highest BCUT2D eigenvalue weighted by molar-refractivity contribution is 8.00. The predicted octanol–water partition coefficient (Wildman–Crippen LogP) is 5.77. The monoisotopic (exact) mass is 373 g/mol. The first-order valence-electron chi connectivity index (χ1n) is 7.49. The molecule has 1 fully saturated rings. The molecule has 24 heavy (non-hydrogen) atoms. The molecule has 2 unspecified atom stereocenters. The van der Waals surface area contributed by atoms with Gasteiger partial charge in [-0.05, 0) is 43.2 Å². The van der Waals surface area contributed by atoms with Gasteiger partial charge in [0.25, 0.3) is 0 Å². The molecule has 1 aliphatic heterocycles. The number of alkyl halides is 3. The quantitative estimate of drug-likeness (QED) is 0.682. The largest absolute Gasteiger partial charge is 0.416 e. The van der Waals surface area contributed by atoms with Gasteiger partial charge in [0.15, 0.2) is 0 Å². The van der Waals surface area contributed by atoms with E-state index in [-0.39, 0.29) is 11.4 Å². The van der Waals surface area contributed by atoms with Gasteiger partial charge in [0.05, 0.1) is 16.3 Å². The van der Waals surface area contributed by atoms with Crippen LogP contribution >= 0.6 is 23.4 Å². The molecule has 0 N–H and O–H groups in total. The SMILES string of the molecule is FC(F)(F)c1cccc(SC2CCOC(c3ccc(Cl)cn3)C2)c1. The van der Waals surface area contributed by atoms with E-state index in [2.05, 4.69) is 4.98 Å². The zero-order chi connectivity index (χ0) is 17.2. The van der Waals surface area contributed by atoms with E-state index >= 15 is 0 Å². The van der Waals surface area contributed by atoms with Gasteiger partial charge in [0.1, 0.15) is 6.10 Å². The Morgan fingerprint density at radius 2 is 2.04 bits per heavy atom. The molecular formula is C17H15ClF3NOS. The molecule has 0 aliphatic carbocycles. The fraction of sp³-hybridized carbons (Fsp3) is 0.353. The van der Waals surface area contributed by atoms with Gasteiger partial charge in [0.2, 0.25) is 0 Å². The van der Waals surface area contributed by atoms with Crippen LogP contribution < -0.4 is 0 Å². The van der Waals surface area contributed by atoms with E-state index in [4.69, 9.17) is 16.3 Å². The van der Waals surface area contributed by atoms with Crippen LogP contribution in [0.5, 0.6) is 0 Å². The number of nitrogens with zero attached hydrogens (tertiary/aromatic N) is 1. The number of pyridine rings is 1. The highest BCUT2D eigenvalue weighted by Gasteiger charge is 2.31. The minimum atomic E-state index is -4.32. The van der Waals surface area contributed by atoms with Crippen molar-refractivity contribution in [2.24, 2.45) is 0 Å². The summed E-state index contributed by atoms with van der Waals surface area (Å²) in [7, 11) is 0. The summed E-state index contributed by atoms with van der Waals surface area (Å²) in [4.78, 5) is 4.90. The van der Waals surface area contributed by atoms with Crippen LogP contribution in [0.25, 0.3) is 0 Å². The van der Waals surface area contributed by atoms with Crippen LogP contribution in [0, 0.1) is 0 Å². The Morgan fingerprint density at radius 1 is 1.21 bits per heavy atom. The Balaban J connectivity index is 1.68. The number of aromatic nitrogens is 1. The van der Waals surface area contributed by atoms with Crippen molar-refractivity contribution in [1.29, 1.82) is 0 Å². The van der Waals surface area contributed by atoms with Gasteiger partial charge in [-0.1, -0.05) is 17.7 Å². The maximum atomic E-state index is 12.8. The molecule has 1 aliphatic rings. The first-order valence-corrected chi connectivity index (χ1v) is 8.74. The lowest BCUT2D eigenvalue weighted by Gasteiger charge is -2.29. The van der Waals surface area contributed by atoms with Crippen LogP contribution in [-0.2, 0) is 10.9 Å². The second-order valence-electron chi connectivity index (χ2n) is 5.55. The Morgan fingerprint density at radius 3 is 2.75 bits per heavy atom. The van der Waals surface area contributed by atoms with Crippen molar-refractivity contribution in [2.75, 3.05) is 6.61 Å². The van der Waals surface area contributed by atoms with Crippen LogP contribution in [0.2, 0.25) is 5.02 Å². The molecule has 128 valence electrons. The summed E-state index contributed by atoms with van der Waals surface area (Å²) in [5.74, 6) is 0. The third-order valence-electron chi connectivity index (χ3n) is 3.78. The van der Waals surface area contributed by atoms with Gasteiger partial charge >= 0.3 is 6.18 Å². The van der Waals surface area contributed by atoms with Crippen molar-refractivity contribution < 1.29 is 17.9 Å². The van der Waals surface area contributed by atoms with E-state index in [0.29, 0.717) is 22.9 Å². The first kappa shape index (κ1) is 17.6. The summed E-state index contributed by atoms with van der Waals surface area (Å²) >= 11 is 7.30. The lowest BCUT2D eigenvalue weighted by atomic mass is 10.1. The standard InChI is InChI=1S/C17H15ClF3NOS/c18-12-4-5-15(22-10-12)16-9-14(6-7-23-16)24-13-3-1-2-11(8-13)17(19,20)21/h1-5,8,10,14,16H,6-7,9H2. The number of hydrogen-bond acceptors (Lipinski definition) is 3. The van der Waals surface area contributed by atoms with Crippen molar-refractivity contribution in [1.82, 2.24) is 4.98 Å². The van der Waals surface area contributed by atoms with E-state index in [1.165, 1.54) is 23.9 Å². The molecule has 1 aromatic heterocycles. The minimum absolute atomic E-state index is 0.153. The Kier molecular flexibility index (Phi) is 5.37. The van der Waals surface area contributed by atoms with Crippen LogP contribution in [0.1, 0.15) is 30.2 Å². The summed E-state index contributed by atoms with van der Waals surface area (Å²) in [6.45, 7) is 0.561.